The van der Waals surface area contributed by atoms with Gasteiger partial charge in [-0.25, -0.2) is 0 Å². The first kappa shape index (κ1) is 25.6. The van der Waals surface area contributed by atoms with Crippen molar-refractivity contribution in [3.8, 4) is 17.2 Å². The summed E-state index contributed by atoms with van der Waals surface area (Å²) in [6, 6.07) is 14.3. The third kappa shape index (κ3) is 8.37. The van der Waals surface area contributed by atoms with Crippen molar-refractivity contribution in [1.29, 1.82) is 0 Å². The van der Waals surface area contributed by atoms with Crippen LogP contribution in [-0.2, 0) is 27.4 Å². The van der Waals surface area contributed by atoms with Crippen molar-refractivity contribution in [2.45, 2.75) is 33.8 Å². The SMILES string of the molecule is CCOc1ccc(OCCNC(=O)COC(=O)Cc2ccc(OCc3c(C)noc3C)cc2)cc1. The average molecular weight is 483 g/mol. The quantitative estimate of drug-likeness (QED) is 0.291. The molecule has 35 heavy (non-hydrogen) atoms. The number of carbonyl (C=O) groups excluding carboxylic acids is 2. The van der Waals surface area contributed by atoms with Gasteiger partial charge in [0, 0.05) is 0 Å². The molecule has 0 radical (unpaired) electrons. The maximum absolute atomic E-state index is 12.1. The van der Waals surface area contributed by atoms with Crippen LogP contribution >= 0.6 is 0 Å². The van der Waals surface area contributed by atoms with E-state index in [1.807, 2.05) is 32.9 Å². The Morgan fingerprint density at radius 1 is 0.914 bits per heavy atom. The van der Waals surface area contributed by atoms with Gasteiger partial charge in [-0.05, 0) is 62.7 Å². The molecule has 1 amide bonds. The summed E-state index contributed by atoms with van der Waals surface area (Å²) in [4.78, 5) is 24.0. The molecular weight excluding hydrogens is 452 g/mol. The molecule has 3 rings (SSSR count). The van der Waals surface area contributed by atoms with Gasteiger partial charge < -0.3 is 28.8 Å². The first-order valence-corrected chi connectivity index (χ1v) is 11.4. The minimum absolute atomic E-state index is 0.0538. The smallest absolute Gasteiger partial charge is 0.310 e. The molecule has 9 heteroatoms. The third-order valence-corrected chi connectivity index (χ3v) is 5.03. The van der Waals surface area contributed by atoms with Gasteiger partial charge in [0.1, 0.15) is 36.2 Å². The van der Waals surface area contributed by atoms with Crippen LogP contribution in [0.4, 0.5) is 0 Å². The Bertz CT molecular complexity index is 1070. The zero-order valence-electron chi connectivity index (χ0n) is 20.2. The third-order valence-electron chi connectivity index (χ3n) is 5.03. The number of hydrogen-bond donors (Lipinski definition) is 1. The molecule has 1 aromatic heterocycles. The Hall–Kier alpha value is -4.01. The minimum Gasteiger partial charge on any atom is -0.494 e. The second-order valence-corrected chi connectivity index (χ2v) is 7.68. The van der Waals surface area contributed by atoms with E-state index in [-0.39, 0.29) is 13.0 Å². The molecule has 1 heterocycles. The van der Waals surface area contributed by atoms with Crippen LogP contribution < -0.4 is 19.5 Å². The summed E-state index contributed by atoms with van der Waals surface area (Å²) in [7, 11) is 0. The van der Waals surface area contributed by atoms with E-state index in [9.17, 15) is 9.59 Å². The summed E-state index contributed by atoms with van der Waals surface area (Å²) < 4.78 is 26.9. The number of ether oxygens (including phenoxy) is 4. The van der Waals surface area contributed by atoms with Crippen molar-refractivity contribution in [3.63, 3.8) is 0 Å². The topological polar surface area (TPSA) is 109 Å². The monoisotopic (exact) mass is 482 g/mol. The van der Waals surface area contributed by atoms with Crippen LogP contribution in [0, 0.1) is 13.8 Å². The van der Waals surface area contributed by atoms with Crippen molar-refractivity contribution >= 4 is 11.9 Å². The van der Waals surface area contributed by atoms with E-state index in [1.165, 1.54) is 0 Å². The minimum atomic E-state index is -0.491. The molecule has 3 aromatic rings. The highest BCUT2D eigenvalue weighted by atomic mass is 16.5. The number of nitrogens with one attached hydrogen (secondary N) is 1. The summed E-state index contributed by atoms with van der Waals surface area (Å²) in [5.41, 5.74) is 2.47. The van der Waals surface area contributed by atoms with Gasteiger partial charge in [0.2, 0.25) is 0 Å². The van der Waals surface area contributed by atoms with Crippen LogP contribution in [0.2, 0.25) is 0 Å². The Balaban J connectivity index is 1.30. The number of amides is 1. The van der Waals surface area contributed by atoms with Gasteiger partial charge in [0.25, 0.3) is 5.91 Å². The Kier molecular flexibility index (Phi) is 9.53. The van der Waals surface area contributed by atoms with E-state index < -0.39 is 11.9 Å². The van der Waals surface area contributed by atoms with Crippen LogP contribution in [0.25, 0.3) is 0 Å². The molecular formula is C26H30N2O7. The lowest BCUT2D eigenvalue weighted by Gasteiger charge is -2.09. The molecule has 0 aliphatic heterocycles. The maximum atomic E-state index is 12.1. The molecule has 0 spiro atoms. The molecule has 186 valence electrons. The number of rotatable bonds is 13. The predicted octanol–water partition coefficient (Wildman–Crippen LogP) is 3.55. The molecule has 0 bridgehead atoms. The molecule has 2 aromatic carbocycles. The van der Waals surface area contributed by atoms with Gasteiger partial charge in [-0.3, -0.25) is 9.59 Å². The number of hydrogen-bond acceptors (Lipinski definition) is 8. The van der Waals surface area contributed by atoms with Gasteiger partial charge in [0.05, 0.1) is 30.8 Å². The molecule has 0 aliphatic carbocycles. The zero-order valence-corrected chi connectivity index (χ0v) is 20.2. The van der Waals surface area contributed by atoms with Gasteiger partial charge in [-0.15, -0.1) is 0 Å². The second kappa shape index (κ2) is 13.0. The summed E-state index contributed by atoms with van der Waals surface area (Å²) in [5.74, 6) is 1.95. The summed E-state index contributed by atoms with van der Waals surface area (Å²) in [6.45, 7) is 6.80. The normalized spacial score (nSPS) is 10.5. The van der Waals surface area contributed by atoms with E-state index >= 15 is 0 Å². The van der Waals surface area contributed by atoms with Crippen molar-refractivity contribution < 1.29 is 33.1 Å². The highest BCUT2D eigenvalue weighted by Crippen LogP contribution is 2.19. The number of aryl methyl sites for hydroxylation is 2. The molecule has 0 saturated carbocycles. The van der Waals surface area contributed by atoms with E-state index in [0.717, 1.165) is 28.3 Å². The maximum Gasteiger partial charge on any atom is 0.310 e. The van der Waals surface area contributed by atoms with Crippen molar-refractivity contribution in [3.05, 3.63) is 71.1 Å². The predicted molar refractivity (Wildman–Crippen MR) is 128 cm³/mol. The first-order valence-electron chi connectivity index (χ1n) is 11.4. The average Bonchev–Trinajstić information content (AvgIpc) is 3.18. The fraction of sp³-hybridized carbons (Fsp3) is 0.346. The summed E-state index contributed by atoms with van der Waals surface area (Å²) in [6.07, 6.45) is 0.0538. The standard InChI is InChI=1S/C26H30N2O7/c1-4-31-21-9-11-22(12-10-21)32-14-13-27-25(29)17-34-26(30)15-20-5-7-23(8-6-20)33-16-24-18(2)28-35-19(24)3/h5-12H,4,13-17H2,1-3H3,(H,27,29). The zero-order chi connectivity index (χ0) is 25.0. The van der Waals surface area contributed by atoms with E-state index in [1.54, 1.807) is 36.4 Å². The number of aromatic nitrogens is 1. The first-order chi connectivity index (χ1) is 16.9. The van der Waals surface area contributed by atoms with Crippen LogP contribution in [0.5, 0.6) is 17.2 Å². The highest BCUT2D eigenvalue weighted by Gasteiger charge is 2.11. The van der Waals surface area contributed by atoms with Crippen molar-refractivity contribution in [1.82, 2.24) is 10.5 Å². The van der Waals surface area contributed by atoms with E-state index in [2.05, 4.69) is 10.5 Å². The molecule has 0 atom stereocenters. The van der Waals surface area contributed by atoms with Gasteiger partial charge in [-0.1, -0.05) is 17.3 Å². The van der Waals surface area contributed by atoms with Gasteiger partial charge in [0.15, 0.2) is 6.61 Å². The van der Waals surface area contributed by atoms with Crippen molar-refractivity contribution in [2.24, 2.45) is 0 Å². The van der Waals surface area contributed by atoms with E-state index in [0.29, 0.717) is 37.9 Å². The Labute approximate surface area is 204 Å². The number of benzene rings is 2. The van der Waals surface area contributed by atoms with Crippen LogP contribution in [0.3, 0.4) is 0 Å². The molecule has 0 fully saturated rings. The molecule has 1 N–H and O–H groups in total. The summed E-state index contributed by atoms with van der Waals surface area (Å²) in [5, 5.41) is 6.55. The van der Waals surface area contributed by atoms with E-state index in [4.69, 9.17) is 23.5 Å². The van der Waals surface area contributed by atoms with Crippen LogP contribution in [0.15, 0.2) is 53.1 Å². The lowest BCUT2D eigenvalue weighted by atomic mass is 10.1. The highest BCUT2D eigenvalue weighted by molar-refractivity contribution is 5.81. The molecule has 0 saturated heterocycles. The van der Waals surface area contributed by atoms with Crippen LogP contribution in [0.1, 0.15) is 29.5 Å². The summed E-state index contributed by atoms with van der Waals surface area (Å²) >= 11 is 0. The largest absolute Gasteiger partial charge is 0.494 e. The molecule has 0 aliphatic rings. The lowest BCUT2D eigenvalue weighted by molar-refractivity contribution is -0.147. The Morgan fingerprint density at radius 3 is 2.17 bits per heavy atom. The van der Waals surface area contributed by atoms with Gasteiger partial charge >= 0.3 is 5.97 Å². The fourth-order valence-corrected chi connectivity index (χ4v) is 3.14. The molecule has 9 nitrogen and oxygen atoms in total. The number of carbonyl (C=O) groups is 2. The molecule has 0 unspecified atom stereocenters. The number of nitrogens with zero attached hydrogens (tertiary/aromatic N) is 1. The van der Waals surface area contributed by atoms with Gasteiger partial charge in [-0.2, -0.15) is 0 Å². The van der Waals surface area contributed by atoms with Crippen molar-refractivity contribution in [2.75, 3.05) is 26.4 Å². The lowest BCUT2D eigenvalue weighted by Crippen LogP contribution is -2.32. The fourth-order valence-electron chi connectivity index (χ4n) is 3.14. The Morgan fingerprint density at radius 2 is 1.54 bits per heavy atom. The van der Waals surface area contributed by atoms with Crippen LogP contribution in [-0.4, -0.2) is 43.4 Å². The second-order valence-electron chi connectivity index (χ2n) is 7.68. The number of esters is 1.